The highest BCUT2D eigenvalue weighted by Gasteiger charge is 2.32. The van der Waals surface area contributed by atoms with Crippen molar-refractivity contribution >= 4 is 12.0 Å². The molecule has 116 valence electrons. The number of halogens is 4. The summed E-state index contributed by atoms with van der Waals surface area (Å²) in [4.78, 5) is 21.5. The Morgan fingerprint density at radius 2 is 1.86 bits per heavy atom. The Morgan fingerprint density at radius 1 is 1.24 bits per heavy atom. The molecule has 0 bridgehead atoms. The second kappa shape index (κ2) is 6.29. The summed E-state index contributed by atoms with van der Waals surface area (Å²) in [6.07, 6.45) is -8.13. The van der Waals surface area contributed by atoms with Gasteiger partial charge in [0, 0.05) is 0 Å². The van der Waals surface area contributed by atoms with E-state index in [1.807, 2.05) is 0 Å². The van der Waals surface area contributed by atoms with Crippen molar-refractivity contribution in [3.05, 3.63) is 29.6 Å². The number of alkyl halides is 3. The van der Waals surface area contributed by atoms with Crippen LogP contribution in [0.15, 0.2) is 18.2 Å². The molecule has 0 aliphatic carbocycles. The molecule has 0 radical (unpaired) electrons. The van der Waals surface area contributed by atoms with E-state index in [1.165, 1.54) is 0 Å². The Kier molecular flexibility index (Phi) is 4.95. The molecule has 1 atom stereocenters. The van der Waals surface area contributed by atoms with Crippen LogP contribution in [0.25, 0.3) is 0 Å². The van der Waals surface area contributed by atoms with Crippen LogP contribution in [0.4, 0.5) is 22.4 Å². The van der Waals surface area contributed by atoms with Gasteiger partial charge in [-0.25, -0.2) is 9.18 Å². The van der Waals surface area contributed by atoms with Crippen LogP contribution < -0.4 is 16.2 Å². The first kappa shape index (κ1) is 16.5. The van der Waals surface area contributed by atoms with Gasteiger partial charge in [-0.3, -0.25) is 4.79 Å². The lowest BCUT2D eigenvalue weighted by Crippen LogP contribution is -2.23. The van der Waals surface area contributed by atoms with Gasteiger partial charge in [0.1, 0.15) is 6.10 Å². The van der Waals surface area contributed by atoms with Crippen LogP contribution in [0, 0.1) is 5.82 Å². The number of benzene rings is 1. The monoisotopic (exact) mass is 310 g/mol. The van der Waals surface area contributed by atoms with E-state index in [0.717, 1.165) is 6.07 Å². The van der Waals surface area contributed by atoms with Crippen LogP contribution in [-0.4, -0.2) is 18.4 Å². The number of hydrogen-bond donors (Lipinski definition) is 2. The van der Waals surface area contributed by atoms with Crippen molar-refractivity contribution in [1.82, 2.24) is 0 Å². The van der Waals surface area contributed by atoms with E-state index in [-0.39, 0.29) is 5.56 Å². The molecule has 0 spiro atoms. The van der Waals surface area contributed by atoms with E-state index >= 15 is 0 Å². The molecule has 0 aromatic heterocycles. The number of nitrogens with two attached hydrogens (primary N) is 2. The van der Waals surface area contributed by atoms with Crippen LogP contribution >= 0.6 is 0 Å². The third-order valence-corrected chi connectivity index (χ3v) is 2.20. The number of amides is 2. The van der Waals surface area contributed by atoms with Crippen LogP contribution in [0.3, 0.4) is 0 Å². The highest BCUT2D eigenvalue weighted by Crippen LogP contribution is 2.29. The average molecular weight is 310 g/mol. The first-order chi connectivity index (χ1) is 9.58. The standard InChI is InChI=1S/C11H10F4N2O4/c12-6-3-5(1-2-7(6)21-11(13,14)15)8(4-9(16)18)20-10(17)19/h1-3,8H,4H2,(H2,16,18)(H2,17,19). The van der Waals surface area contributed by atoms with Gasteiger partial charge in [-0.05, 0) is 17.7 Å². The predicted molar refractivity (Wildman–Crippen MR) is 60.3 cm³/mol. The molecule has 0 aliphatic rings. The van der Waals surface area contributed by atoms with Gasteiger partial charge in [0.05, 0.1) is 6.42 Å². The van der Waals surface area contributed by atoms with Crippen molar-refractivity contribution in [1.29, 1.82) is 0 Å². The van der Waals surface area contributed by atoms with E-state index < -0.39 is 42.5 Å². The lowest BCUT2D eigenvalue weighted by Gasteiger charge is -2.16. The lowest BCUT2D eigenvalue weighted by atomic mass is 10.1. The number of rotatable bonds is 5. The maximum atomic E-state index is 13.5. The molecule has 0 heterocycles. The highest BCUT2D eigenvalue weighted by atomic mass is 19.4. The molecule has 1 aromatic carbocycles. The van der Waals surface area contributed by atoms with Gasteiger partial charge < -0.3 is 20.9 Å². The summed E-state index contributed by atoms with van der Waals surface area (Å²) in [6.45, 7) is 0. The summed E-state index contributed by atoms with van der Waals surface area (Å²) in [5.41, 5.74) is 9.60. The quantitative estimate of drug-likeness (QED) is 0.808. The maximum absolute atomic E-state index is 13.5. The largest absolute Gasteiger partial charge is 0.573 e. The van der Waals surface area contributed by atoms with Gasteiger partial charge >= 0.3 is 12.5 Å². The molecule has 1 rings (SSSR count). The SMILES string of the molecule is NC(=O)CC(OC(N)=O)c1ccc(OC(F)(F)F)c(F)c1. The Hall–Kier alpha value is -2.52. The second-order valence-corrected chi connectivity index (χ2v) is 3.83. The van der Waals surface area contributed by atoms with Gasteiger partial charge in [-0.2, -0.15) is 0 Å². The topological polar surface area (TPSA) is 105 Å². The van der Waals surface area contributed by atoms with Crippen molar-refractivity contribution in [2.45, 2.75) is 18.9 Å². The molecule has 0 saturated heterocycles. The minimum atomic E-state index is -5.06. The fourth-order valence-electron chi connectivity index (χ4n) is 1.48. The van der Waals surface area contributed by atoms with Crippen LogP contribution in [0.1, 0.15) is 18.1 Å². The molecule has 6 nitrogen and oxygen atoms in total. The number of carbonyl (C=O) groups excluding carboxylic acids is 2. The zero-order chi connectivity index (χ0) is 16.2. The van der Waals surface area contributed by atoms with Crippen molar-refractivity contribution in [3.8, 4) is 5.75 Å². The zero-order valence-electron chi connectivity index (χ0n) is 10.3. The van der Waals surface area contributed by atoms with Gasteiger partial charge in [0.2, 0.25) is 5.91 Å². The fourth-order valence-corrected chi connectivity index (χ4v) is 1.48. The Bertz CT molecular complexity index is 532. The van der Waals surface area contributed by atoms with E-state index in [0.29, 0.717) is 12.1 Å². The summed E-state index contributed by atoms with van der Waals surface area (Å²) < 4.78 is 57.4. The Morgan fingerprint density at radius 3 is 2.29 bits per heavy atom. The molecule has 0 aliphatic heterocycles. The van der Waals surface area contributed by atoms with Crippen molar-refractivity contribution in [2.75, 3.05) is 0 Å². The molecular weight excluding hydrogens is 300 g/mol. The number of primary amides is 2. The van der Waals surface area contributed by atoms with Crippen molar-refractivity contribution < 1.29 is 36.6 Å². The van der Waals surface area contributed by atoms with E-state index in [4.69, 9.17) is 11.5 Å². The van der Waals surface area contributed by atoms with E-state index in [2.05, 4.69) is 9.47 Å². The van der Waals surface area contributed by atoms with Crippen LogP contribution in [0.5, 0.6) is 5.75 Å². The fraction of sp³-hybridized carbons (Fsp3) is 0.273. The lowest BCUT2D eigenvalue weighted by molar-refractivity contribution is -0.275. The molecule has 1 aromatic rings. The third-order valence-electron chi connectivity index (χ3n) is 2.20. The first-order valence-electron chi connectivity index (χ1n) is 5.38. The van der Waals surface area contributed by atoms with E-state index in [1.54, 1.807) is 0 Å². The molecule has 10 heteroatoms. The summed E-state index contributed by atoms with van der Waals surface area (Å²) >= 11 is 0. The number of hydrogen-bond acceptors (Lipinski definition) is 4. The summed E-state index contributed by atoms with van der Waals surface area (Å²) in [5.74, 6) is -3.30. The summed E-state index contributed by atoms with van der Waals surface area (Å²) in [5, 5.41) is 0. The maximum Gasteiger partial charge on any atom is 0.573 e. The second-order valence-electron chi connectivity index (χ2n) is 3.83. The number of carbonyl (C=O) groups is 2. The minimum absolute atomic E-state index is 0.0976. The molecule has 2 amide bonds. The van der Waals surface area contributed by atoms with Crippen LogP contribution in [-0.2, 0) is 9.53 Å². The zero-order valence-corrected chi connectivity index (χ0v) is 10.3. The molecule has 21 heavy (non-hydrogen) atoms. The van der Waals surface area contributed by atoms with Gasteiger partial charge in [-0.1, -0.05) is 6.07 Å². The summed E-state index contributed by atoms with van der Waals surface area (Å²) in [7, 11) is 0. The summed E-state index contributed by atoms with van der Waals surface area (Å²) in [6, 6.07) is 2.29. The smallest absolute Gasteiger partial charge is 0.441 e. The van der Waals surface area contributed by atoms with Crippen molar-refractivity contribution in [2.24, 2.45) is 11.5 Å². The molecule has 0 fully saturated rings. The Labute approximate surface area is 115 Å². The third kappa shape index (κ3) is 5.55. The highest BCUT2D eigenvalue weighted by molar-refractivity contribution is 5.75. The minimum Gasteiger partial charge on any atom is -0.441 e. The van der Waals surface area contributed by atoms with Gasteiger partial charge in [0.25, 0.3) is 0 Å². The molecule has 0 saturated carbocycles. The van der Waals surface area contributed by atoms with Gasteiger partial charge in [-0.15, -0.1) is 13.2 Å². The molecule has 4 N–H and O–H groups in total. The average Bonchev–Trinajstić information content (AvgIpc) is 2.28. The van der Waals surface area contributed by atoms with Crippen molar-refractivity contribution in [3.63, 3.8) is 0 Å². The van der Waals surface area contributed by atoms with E-state index in [9.17, 15) is 27.2 Å². The number of ether oxygens (including phenoxy) is 2. The first-order valence-corrected chi connectivity index (χ1v) is 5.38. The normalized spacial score (nSPS) is 12.6. The molecular formula is C11H10F4N2O4. The molecule has 1 unspecified atom stereocenters. The van der Waals surface area contributed by atoms with Crippen LogP contribution in [0.2, 0.25) is 0 Å². The Balaban J connectivity index is 3.02. The predicted octanol–water partition coefficient (Wildman–Crippen LogP) is 1.74. The van der Waals surface area contributed by atoms with Gasteiger partial charge in [0.15, 0.2) is 11.6 Å².